The van der Waals surface area contributed by atoms with Crippen molar-refractivity contribution in [3.8, 4) is 5.69 Å². The fourth-order valence-corrected chi connectivity index (χ4v) is 3.00. The van der Waals surface area contributed by atoms with Gasteiger partial charge >= 0.3 is 0 Å². The number of hydrogen-bond donors (Lipinski definition) is 2. The van der Waals surface area contributed by atoms with Gasteiger partial charge in [0.25, 0.3) is 5.91 Å². The highest BCUT2D eigenvalue weighted by Gasteiger charge is 2.15. The van der Waals surface area contributed by atoms with Gasteiger partial charge in [0.2, 0.25) is 5.91 Å². The van der Waals surface area contributed by atoms with Gasteiger partial charge in [0.15, 0.2) is 0 Å². The lowest BCUT2D eigenvalue weighted by molar-refractivity contribution is -0.120. The van der Waals surface area contributed by atoms with Crippen LogP contribution in [0, 0.1) is 6.92 Å². The van der Waals surface area contributed by atoms with Crippen molar-refractivity contribution < 1.29 is 9.59 Å². The molecule has 1 aromatic heterocycles. The van der Waals surface area contributed by atoms with E-state index in [4.69, 9.17) is 11.6 Å². The summed E-state index contributed by atoms with van der Waals surface area (Å²) >= 11 is 6.02. The molecule has 0 unspecified atom stereocenters. The van der Waals surface area contributed by atoms with E-state index in [0.717, 1.165) is 11.3 Å². The lowest BCUT2D eigenvalue weighted by Gasteiger charge is -2.08. The Hall–Kier alpha value is -3.12. The normalized spacial score (nSPS) is 10.5. The topological polar surface area (TPSA) is 76.0 Å². The molecule has 2 aromatic carbocycles. The summed E-state index contributed by atoms with van der Waals surface area (Å²) in [5, 5.41) is 10.5. The summed E-state index contributed by atoms with van der Waals surface area (Å²) in [5.74, 6) is -0.312. The molecule has 144 valence electrons. The van der Waals surface area contributed by atoms with Crippen molar-refractivity contribution in [2.24, 2.45) is 0 Å². The zero-order valence-electron chi connectivity index (χ0n) is 15.5. The second kappa shape index (κ2) is 9.19. The molecule has 28 heavy (non-hydrogen) atoms. The van der Waals surface area contributed by atoms with Gasteiger partial charge in [-0.25, -0.2) is 4.68 Å². The molecule has 2 amide bonds. The monoisotopic (exact) mass is 396 g/mol. The van der Waals surface area contributed by atoms with Gasteiger partial charge in [-0.2, -0.15) is 5.10 Å². The van der Waals surface area contributed by atoms with Gasteiger partial charge in [-0.3, -0.25) is 9.59 Å². The zero-order valence-corrected chi connectivity index (χ0v) is 16.2. The molecule has 0 bridgehead atoms. The molecule has 0 saturated carbocycles. The molecule has 3 rings (SSSR count). The van der Waals surface area contributed by atoms with Gasteiger partial charge in [0, 0.05) is 18.1 Å². The van der Waals surface area contributed by atoms with Crippen LogP contribution < -0.4 is 10.6 Å². The molecule has 0 radical (unpaired) electrons. The van der Waals surface area contributed by atoms with Crippen molar-refractivity contribution in [2.45, 2.75) is 13.3 Å². The molecule has 0 atom stereocenters. The van der Waals surface area contributed by atoms with E-state index in [9.17, 15) is 9.59 Å². The fourth-order valence-electron chi connectivity index (χ4n) is 2.82. The number of carbonyl (C=O) groups is 2. The van der Waals surface area contributed by atoms with Gasteiger partial charge < -0.3 is 10.6 Å². The summed E-state index contributed by atoms with van der Waals surface area (Å²) in [6, 6.07) is 16.8. The predicted molar refractivity (Wildman–Crippen MR) is 109 cm³/mol. The Morgan fingerprint density at radius 1 is 1.04 bits per heavy atom. The first-order chi connectivity index (χ1) is 13.5. The maximum absolute atomic E-state index is 12.4. The highest BCUT2D eigenvalue weighted by molar-refractivity contribution is 6.30. The highest BCUT2D eigenvalue weighted by atomic mass is 35.5. The van der Waals surface area contributed by atoms with E-state index in [0.29, 0.717) is 35.8 Å². The van der Waals surface area contributed by atoms with E-state index in [2.05, 4.69) is 15.7 Å². The van der Waals surface area contributed by atoms with Crippen LogP contribution in [0.2, 0.25) is 5.02 Å². The Morgan fingerprint density at radius 3 is 2.54 bits per heavy atom. The van der Waals surface area contributed by atoms with Crippen LogP contribution >= 0.6 is 11.6 Å². The van der Waals surface area contributed by atoms with E-state index < -0.39 is 0 Å². The van der Waals surface area contributed by atoms with E-state index in [1.807, 2.05) is 49.4 Å². The van der Waals surface area contributed by atoms with Crippen molar-refractivity contribution in [3.05, 3.63) is 82.6 Å². The third-order valence-electron chi connectivity index (χ3n) is 4.25. The second-order valence-corrected chi connectivity index (χ2v) is 6.74. The van der Waals surface area contributed by atoms with Gasteiger partial charge in [-0.05, 0) is 30.7 Å². The van der Waals surface area contributed by atoms with Crippen LogP contribution in [0.25, 0.3) is 5.69 Å². The average molecular weight is 397 g/mol. The lowest BCUT2D eigenvalue weighted by Crippen LogP contribution is -2.35. The molecule has 2 N–H and O–H groups in total. The molecule has 0 aliphatic heterocycles. The summed E-state index contributed by atoms with van der Waals surface area (Å²) < 4.78 is 1.67. The van der Waals surface area contributed by atoms with Crippen LogP contribution in [0.5, 0.6) is 0 Å². The van der Waals surface area contributed by atoms with Crippen LogP contribution in [0.1, 0.15) is 21.6 Å². The van der Waals surface area contributed by atoms with E-state index in [1.54, 1.807) is 16.8 Å². The second-order valence-electron chi connectivity index (χ2n) is 6.30. The molecular formula is C21H21ClN4O2. The summed E-state index contributed by atoms with van der Waals surface area (Å²) in [7, 11) is 0. The SMILES string of the molecule is Cc1c(C(=O)NCCNC(=O)Cc2ccccc2)cnn1-c1cccc(Cl)c1. The number of aromatic nitrogens is 2. The van der Waals surface area contributed by atoms with Crippen LogP contribution in [0.15, 0.2) is 60.8 Å². The largest absolute Gasteiger partial charge is 0.354 e. The van der Waals surface area contributed by atoms with Gasteiger partial charge in [-0.15, -0.1) is 0 Å². The van der Waals surface area contributed by atoms with E-state index in [-0.39, 0.29) is 11.8 Å². The number of hydrogen-bond acceptors (Lipinski definition) is 3. The molecule has 0 aliphatic rings. The smallest absolute Gasteiger partial charge is 0.254 e. The molecule has 0 spiro atoms. The maximum Gasteiger partial charge on any atom is 0.254 e. The number of amides is 2. The molecule has 3 aromatic rings. The van der Waals surface area contributed by atoms with Crippen molar-refractivity contribution in [2.75, 3.05) is 13.1 Å². The van der Waals surface area contributed by atoms with Crippen LogP contribution in [0.3, 0.4) is 0 Å². The summed E-state index contributed by atoms with van der Waals surface area (Å²) in [6.07, 6.45) is 1.85. The third-order valence-corrected chi connectivity index (χ3v) is 4.48. The fraction of sp³-hybridized carbons (Fsp3) is 0.190. The quantitative estimate of drug-likeness (QED) is 0.603. The lowest BCUT2D eigenvalue weighted by atomic mass is 10.1. The Morgan fingerprint density at radius 2 is 1.79 bits per heavy atom. The minimum absolute atomic E-state index is 0.0783. The minimum atomic E-state index is -0.233. The zero-order chi connectivity index (χ0) is 19.9. The summed E-state index contributed by atoms with van der Waals surface area (Å²) in [6.45, 7) is 2.52. The van der Waals surface area contributed by atoms with E-state index in [1.165, 1.54) is 6.20 Å². The first-order valence-electron chi connectivity index (χ1n) is 8.94. The molecule has 7 heteroatoms. The molecular weight excluding hydrogens is 376 g/mol. The molecule has 6 nitrogen and oxygen atoms in total. The molecule has 1 heterocycles. The number of benzene rings is 2. The van der Waals surface area contributed by atoms with Crippen LogP contribution in [-0.4, -0.2) is 34.7 Å². The van der Waals surface area contributed by atoms with Gasteiger partial charge in [0.05, 0.1) is 29.6 Å². The Bertz CT molecular complexity index is 970. The highest BCUT2D eigenvalue weighted by Crippen LogP contribution is 2.17. The van der Waals surface area contributed by atoms with Crippen molar-refractivity contribution in [1.29, 1.82) is 0 Å². The Kier molecular flexibility index (Phi) is 6.45. The van der Waals surface area contributed by atoms with E-state index >= 15 is 0 Å². The van der Waals surface area contributed by atoms with Crippen LogP contribution in [0.4, 0.5) is 0 Å². The van der Waals surface area contributed by atoms with Crippen LogP contribution in [-0.2, 0) is 11.2 Å². The first-order valence-corrected chi connectivity index (χ1v) is 9.32. The van der Waals surface area contributed by atoms with Crippen molar-refractivity contribution >= 4 is 23.4 Å². The van der Waals surface area contributed by atoms with Crippen molar-refractivity contribution in [3.63, 3.8) is 0 Å². The van der Waals surface area contributed by atoms with Gasteiger partial charge in [0.1, 0.15) is 0 Å². The number of halogens is 1. The number of nitrogens with one attached hydrogen (secondary N) is 2. The standard InChI is InChI=1S/C21H21ClN4O2/c1-15-19(14-25-26(15)18-9-5-8-17(22)13-18)21(28)24-11-10-23-20(27)12-16-6-3-2-4-7-16/h2-9,13-14H,10-12H2,1H3,(H,23,27)(H,24,28). The minimum Gasteiger partial charge on any atom is -0.354 e. The third kappa shape index (κ3) is 4.98. The maximum atomic E-state index is 12.4. The first kappa shape index (κ1) is 19.6. The molecule has 0 aliphatic carbocycles. The summed E-state index contributed by atoms with van der Waals surface area (Å²) in [5.41, 5.74) is 2.94. The Balaban J connectivity index is 1.50. The number of carbonyl (C=O) groups excluding carboxylic acids is 2. The molecule has 0 fully saturated rings. The average Bonchev–Trinajstić information content (AvgIpc) is 3.07. The number of nitrogens with zero attached hydrogens (tertiary/aromatic N) is 2. The predicted octanol–water partition coefficient (Wildman–Crippen LogP) is 2.92. The number of rotatable bonds is 7. The Labute approximate surface area is 168 Å². The molecule has 0 saturated heterocycles. The van der Waals surface area contributed by atoms with Gasteiger partial charge in [-0.1, -0.05) is 48.0 Å². The summed E-state index contributed by atoms with van der Waals surface area (Å²) in [4.78, 5) is 24.3. The van der Waals surface area contributed by atoms with Crippen molar-refractivity contribution in [1.82, 2.24) is 20.4 Å².